The van der Waals surface area contributed by atoms with E-state index in [4.69, 9.17) is 0 Å². The van der Waals surface area contributed by atoms with Crippen molar-refractivity contribution >= 4 is 5.69 Å². The number of nitrogens with zero attached hydrogens (tertiary/aromatic N) is 3. The minimum Gasteiger partial charge on any atom is -0.369 e. The maximum atomic E-state index is 12.7. The van der Waals surface area contributed by atoms with Gasteiger partial charge in [-0.3, -0.25) is 9.89 Å². The molecule has 0 aliphatic heterocycles. The van der Waals surface area contributed by atoms with Gasteiger partial charge in [0.2, 0.25) is 0 Å². The van der Waals surface area contributed by atoms with Crippen LogP contribution in [0, 0.1) is 0 Å². The van der Waals surface area contributed by atoms with E-state index in [1.54, 1.807) is 12.3 Å². The van der Waals surface area contributed by atoms with Crippen LogP contribution in [-0.4, -0.2) is 21.8 Å². The molecule has 8 heteroatoms. The molecule has 1 aliphatic carbocycles. The van der Waals surface area contributed by atoms with Crippen LogP contribution in [-0.2, 0) is 25.6 Å². The fraction of sp³-hybridized carbons (Fsp3) is 0.333. The molecule has 2 aromatic heterocycles. The van der Waals surface area contributed by atoms with Crippen molar-refractivity contribution in [2.24, 2.45) is 0 Å². The van der Waals surface area contributed by atoms with Crippen molar-refractivity contribution in [1.29, 1.82) is 0 Å². The Kier molecular flexibility index (Phi) is 4.94. The van der Waals surface area contributed by atoms with E-state index >= 15 is 0 Å². The highest BCUT2D eigenvalue weighted by Crippen LogP contribution is 2.29. The molecule has 0 bridgehead atoms. The number of alkyl halides is 3. The largest absolute Gasteiger partial charge is 0.416 e. The van der Waals surface area contributed by atoms with Crippen molar-refractivity contribution in [3.05, 3.63) is 75.3 Å². The lowest BCUT2D eigenvalue weighted by molar-refractivity contribution is -0.137. The quantitative estimate of drug-likeness (QED) is 0.715. The standard InChI is InChI=1S/C21H21F3N4O/c1-27(13-14-6-8-15(9-7-14)21(22,23)24)16-10-11-19(25-12-16)28-20(29)17-4-2-3-5-18(17)26-28/h6-12,26H,2-5,13H2,1H3. The van der Waals surface area contributed by atoms with Crippen LogP contribution in [0.4, 0.5) is 18.9 Å². The Hall–Kier alpha value is -3.03. The van der Waals surface area contributed by atoms with E-state index in [0.29, 0.717) is 12.4 Å². The van der Waals surface area contributed by atoms with Crippen LogP contribution < -0.4 is 10.5 Å². The summed E-state index contributed by atoms with van der Waals surface area (Å²) >= 11 is 0. The van der Waals surface area contributed by atoms with E-state index in [0.717, 1.165) is 60.3 Å². The van der Waals surface area contributed by atoms with Crippen molar-refractivity contribution in [1.82, 2.24) is 14.8 Å². The monoisotopic (exact) mass is 402 g/mol. The van der Waals surface area contributed by atoms with Gasteiger partial charge in [-0.25, -0.2) is 9.67 Å². The molecule has 0 saturated carbocycles. The number of aryl methyl sites for hydroxylation is 1. The Morgan fingerprint density at radius 1 is 1.10 bits per heavy atom. The van der Waals surface area contributed by atoms with Crippen LogP contribution in [0.1, 0.15) is 35.2 Å². The lowest BCUT2D eigenvalue weighted by Crippen LogP contribution is -2.20. The molecule has 0 unspecified atom stereocenters. The van der Waals surface area contributed by atoms with Crippen LogP contribution >= 0.6 is 0 Å². The SMILES string of the molecule is CN(Cc1ccc(C(F)(F)F)cc1)c1ccc(-n2[nH]c3c(c2=O)CCCC3)nc1. The van der Waals surface area contributed by atoms with E-state index in [1.165, 1.54) is 16.8 Å². The molecule has 3 aromatic rings. The van der Waals surface area contributed by atoms with Gasteiger partial charge in [-0.15, -0.1) is 0 Å². The van der Waals surface area contributed by atoms with Gasteiger partial charge < -0.3 is 4.90 Å². The number of anilines is 1. The van der Waals surface area contributed by atoms with E-state index in [2.05, 4.69) is 10.1 Å². The fourth-order valence-electron chi connectivity index (χ4n) is 3.65. The van der Waals surface area contributed by atoms with Crippen LogP contribution in [0.2, 0.25) is 0 Å². The molecule has 1 aliphatic rings. The zero-order valence-corrected chi connectivity index (χ0v) is 16.0. The number of nitrogens with one attached hydrogen (secondary N) is 1. The first kappa shape index (κ1) is 19.3. The summed E-state index contributed by atoms with van der Waals surface area (Å²) in [6, 6.07) is 8.74. The highest BCUT2D eigenvalue weighted by Gasteiger charge is 2.29. The van der Waals surface area contributed by atoms with Crippen LogP contribution in [0.25, 0.3) is 5.82 Å². The van der Waals surface area contributed by atoms with E-state index in [9.17, 15) is 18.0 Å². The van der Waals surface area contributed by atoms with Gasteiger partial charge in [0.05, 0.1) is 17.4 Å². The predicted octanol–water partition coefficient (Wildman–Crippen LogP) is 4.09. The molecule has 0 atom stereocenters. The summed E-state index contributed by atoms with van der Waals surface area (Å²) in [5, 5.41) is 3.16. The van der Waals surface area contributed by atoms with Gasteiger partial charge in [0, 0.05) is 24.8 Å². The van der Waals surface area contributed by atoms with E-state index in [-0.39, 0.29) is 5.56 Å². The highest BCUT2D eigenvalue weighted by molar-refractivity contribution is 5.46. The molecule has 4 rings (SSSR count). The summed E-state index contributed by atoms with van der Waals surface area (Å²) in [6.07, 6.45) is 1.11. The second-order valence-corrected chi connectivity index (χ2v) is 7.34. The highest BCUT2D eigenvalue weighted by atomic mass is 19.4. The third-order valence-electron chi connectivity index (χ3n) is 5.28. The molecule has 0 fully saturated rings. The summed E-state index contributed by atoms with van der Waals surface area (Å²) in [4.78, 5) is 18.9. The molecule has 2 heterocycles. The van der Waals surface area contributed by atoms with Crippen LogP contribution in [0.3, 0.4) is 0 Å². The molecular weight excluding hydrogens is 381 g/mol. The Balaban J connectivity index is 1.49. The minimum absolute atomic E-state index is 0.0435. The molecule has 29 heavy (non-hydrogen) atoms. The van der Waals surface area contributed by atoms with Crippen molar-refractivity contribution in [3.8, 4) is 5.82 Å². The van der Waals surface area contributed by atoms with Gasteiger partial charge in [0.25, 0.3) is 5.56 Å². The first-order valence-corrected chi connectivity index (χ1v) is 9.49. The van der Waals surface area contributed by atoms with E-state index < -0.39 is 11.7 Å². The molecule has 0 radical (unpaired) electrons. The number of hydrogen-bond acceptors (Lipinski definition) is 3. The Morgan fingerprint density at radius 2 is 1.83 bits per heavy atom. The predicted molar refractivity (Wildman–Crippen MR) is 104 cm³/mol. The van der Waals surface area contributed by atoms with E-state index in [1.807, 2.05) is 18.0 Å². The number of pyridine rings is 1. The second kappa shape index (κ2) is 7.42. The minimum atomic E-state index is -4.33. The molecular formula is C21H21F3N4O. The van der Waals surface area contributed by atoms with Gasteiger partial charge in [-0.2, -0.15) is 13.2 Å². The topological polar surface area (TPSA) is 53.9 Å². The van der Waals surface area contributed by atoms with Gasteiger partial charge in [0.15, 0.2) is 5.82 Å². The smallest absolute Gasteiger partial charge is 0.369 e. The number of rotatable bonds is 4. The zero-order valence-electron chi connectivity index (χ0n) is 16.0. The number of fused-ring (bicyclic) bond motifs is 1. The van der Waals surface area contributed by atoms with Crippen LogP contribution in [0.5, 0.6) is 0 Å². The number of H-pyrrole nitrogens is 1. The van der Waals surface area contributed by atoms with Gasteiger partial charge >= 0.3 is 6.18 Å². The molecule has 0 saturated heterocycles. The maximum absolute atomic E-state index is 12.7. The summed E-state index contributed by atoms with van der Waals surface area (Å²) in [5.41, 5.74) is 2.70. The fourth-order valence-corrected chi connectivity index (χ4v) is 3.65. The third-order valence-corrected chi connectivity index (χ3v) is 5.28. The molecule has 0 spiro atoms. The lowest BCUT2D eigenvalue weighted by Gasteiger charge is -2.19. The summed E-state index contributed by atoms with van der Waals surface area (Å²) in [6.45, 7) is 0.440. The Morgan fingerprint density at radius 3 is 2.45 bits per heavy atom. The third kappa shape index (κ3) is 3.92. The van der Waals surface area contributed by atoms with Crippen molar-refractivity contribution in [3.63, 3.8) is 0 Å². The molecule has 0 amide bonds. The van der Waals surface area contributed by atoms with Crippen molar-refractivity contribution < 1.29 is 13.2 Å². The lowest BCUT2D eigenvalue weighted by atomic mass is 9.98. The first-order chi connectivity index (χ1) is 13.8. The van der Waals surface area contributed by atoms with Crippen molar-refractivity contribution in [2.75, 3.05) is 11.9 Å². The average Bonchev–Trinajstić information content (AvgIpc) is 3.05. The normalized spacial score (nSPS) is 13.9. The molecule has 152 valence electrons. The van der Waals surface area contributed by atoms with Gasteiger partial charge in [-0.05, 0) is 55.5 Å². The number of aromatic amines is 1. The number of hydrogen-bond donors (Lipinski definition) is 1. The maximum Gasteiger partial charge on any atom is 0.416 e. The average molecular weight is 402 g/mol. The first-order valence-electron chi connectivity index (χ1n) is 9.49. The molecule has 1 N–H and O–H groups in total. The van der Waals surface area contributed by atoms with Crippen molar-refractivity contribution in [2.45, 2.75) is 38.4 Å². The Bertz CT molecular complexity index is 1050. The summed E-state index contributed by atoms with van der Waals surface area (Å²) in [5.74, 6) is 0.524. The number of aromatic nitrogens is 3. The molecule has 1 aromatic carbocycles. The van der Waals surface area contributed by atoms with Crippen LogP contribution in [0.15, 0.2) is 47.4 Å². The zero-order chi connectivity index (χ0) is 20.6. The second-order valence-electron chi connectivity index (χ2n) is 7.34. The van der Waals surface area contributed by atoms with Gasteiger partial charge in [0.1, 0.15) is 0 Å². The number of benzene rings is 1. The van der Waals surface area contributed by atoms with Gasteiger partial charge in [-0.1, -0.05) is 12.1 Å². The number of halogens is 3. The Labute approximate surface area is 165 Å². The molecule has 5 nitrogen and oxygen atoms in total. The summed E-state index contributed by atoms with van der Waals surface area (Å²) in [7, 11) is 1.84. The summed E-state index contributed by atoms with van der Waals surface area (Å²) < 4.78 is 39.5.